The number of amides is 2. The van der Waals surface area contributed by atoms with Crippen LogP contribution in [0.4, 0.5) is 11.5 Å². The fraction of sp³-hybridized carbons (Fsp3) is 0.182. The Balaban J connectivity index is 1.68. The van der Waals surface area contributed by atoms with E-state index in [2.05, 4.69) is 15.7 Å². The highest BCUT2D eigenvalue weighted by molar-refractivity contribution is 6.02. The molecular formula is C22H20N4O3. The Morgan fingerprint density at radius 2 is 1.90 bits per heavy atom. The first-order valence-electron chi connectivity index (χ1n) is 9.30. The molecule has 1 atom stereocenters. The average molecular weight is 388 g/mol. The van der Waals surface area contributed by atoms with E-state index in [0.717, 1.165) is 16.8 Å². The molecule has 2 heterocycles. The minimum absolute atomic E-state index is 0.0133. The fourth-order valence-electron chi connectivity index (χ4n) is 3.45. The highest BCUT2D eigenvalue weighted by Gasteiger charge is 2.34. The number of nitrogens with zero attached hydrogens (tertiary/aromatic N) is 2. The molecule has 0 spiro atoms. The van der Waals surface area contributed by atoms with Crippen LogP contribution in [0.1, 0.15) is 35.3 Å². The van der Waals surface area contributed by atoms with Crippen LogP contribution in [0, 0.1) is 6.92 Å². The van der Waals surface area contributed by atoms with Crippen LogP contribution in [0.3, 0.4) is 0 Å². The van der Waals surface area contributed by atoms with Gasteiger partial charge in [0, 0.05) is 22.4 Å². The largest absolute Gasteiger partial charge is 0.324 e. The first kappa shape index (κ1) is 18.6. The summed E-state index contributed by atoms with van der Waals surface area (Å²) in [5, 5.41) is 10.3. The van der Waals surface area contributed by atoms with Gasteiger partial charge in [0.25, 0.3) is 0 Å². The summed E-state index contributed by atoms with van der Waals surface area (Å²) in [6, 6.07) is 15.6. The zero-order valence-corrected chi connectivity index (χ0v) is 16.1. The molecule has 0 saturated carbocycles. The smallest absolute Gasteiger partial charge is 0.249 e. The molecular weight excluding hydrogens is 368 g/mol. The van der Waals surface area contributed by atoms with Gasteiger partial charge < -0.3 is 10.6 Å². The number of ketones is 1. The summed E-state index contributed by atoms with van der Waals surface area (Å²) in [4.78, 5) is 36.8. The van der Waals surface area contributed by atoms with E-state index in [1.165, 1.54) is 6.92 Å². The molecule has 146 valence electrons. The van der Waals surface area contributed by atoms with Crippen molar-refractivity contribution in [1.29, 1.82) is 0 Å². The van der Waals surface area contributed by atoms with E-state index < -0.39 is 6.04 Å². The highest BCUT2D eigenvalue weighted by atomic mass is 16.2. The number of fused-ring (bicyclic) bond motifs is 1. The summed E-state index contributed by atoms with van der Waals surface area (Å²) in [5.74, 6) is -0.157. The molecule has 2 N–H and O–H groups in total. The predicted molar refractivity (Wildman–Crippen MR) is 110 cm³/mol. The van der Waals surface area contributed by atoms with Crippen LogP contribution in [0.15, 0.2) is 54.6 Å². The van der Waals surface area contributed by atoms with Gasteiger partial charge in [-0.05, 0) is 26.0 Å². The van der Waals surface area contributed by atoms with Crippen LogP contribution >= 0.6 is 0 Å². The molecule has 3 aromatic rings. The van der Waals surface area contributed by atoms with Gasteiger partial charge in [0.2, 0.25) is 11.8 Å². The van der Waals surface area contributed by atoms with E-state index in [1.54, 1.807) is 28.9 Å². The van der Waals surface area contributed by atoms with E-state index >= 15 is 0 Å². The molecule has 0 saturated heterocycles. The monoisotopic (exact) mass is 388 g/mol. The predicted octanol–water partition coefficient (Wildman–Crippen LogP) is 3.58. The van der Waals surface area contributed by atoms with Crippen molar-refractivity contribution in [3.05, 3.63) is 65.7 Å². The van der Waals surface area contributed by atoms with Gasteiger partial charge in [-0.15, -0.1) is 0 Å². The van der Waals surface area contributed by atoms with Gasteiger partial charge in [0.05, 0.1) is 12.1 Å². The molecule has 7 nitrogen and oxygen atoms in total. The minimum Gasteiger partial charge on any atom is -0.324 e. The summed E-state index contributed by atoms with van der Waals surface area (Å²) in [6.45, 7) is 3.34. The van der Waals surface area contributed by atoms with E-state index in [1.807, 2.05) is 37.3 Å². The molecule has 0 unspecified atom stereocenters. The third-order valence-corrected chi connectivity index (χ3v) is 4.97. The number of hydrogen-bond donors (Lipinski definition) is 2. The Kier molecular flexibility index (Phi) is 4.72. The van der Waals surface area contributed by atoms with E-state index in [9.17, 15) is 14.4 Å². The van der Waals surface area contributed by atoms with Crippen molar-refractivity contribution in [3.63, 3.8) is 0 Å². The first-order chi connectivity index (χ1) is 13.9. The van der Waals surface area contributed by atoms with Crippen molar-refractivity contribution in [2.24, 2.45) is 0 Å². The Hall–Kier alpha value is -3.74. The normalized spacial score (nSPS) is 15.4. The summed E-state index contributed by atoms with van der Waals surface area (Å²) in [5.41, 5.74) is 3.45. The van der Waals surface area contributed by atoms with Gasteiger partial charge in [0.15, 0.2) is 5.78 Å². The van der Waals surface area contributed by atoms with E-state index in [-0.39, 0.29) is 24.0 Å². The standard InChI is InChI=1S/C22H20N4O3/c1-13-20(15-7-4-3-5-8-15)25-26-18(12-19(28)24-21(13)26)22(29)23-17-10-6-9-16(11-17)14(2)27/h3-11,18H,12H2,1-2H3,(H,23,29)(H,24,28)/t18-/m0/s1. The third kappa shape index (κ3) is 3.54. The van der Waals surface area contributed by atoms with Crippen molar-refractivity contribution in [2.45, 2.75) is 26.3 Å². The van der Waals surface area contributed by atoms with Gasteiger partial charge in [0.1, 0.15) is 11.9 Å². The summed E-state index contributed by atoms with van der Waals surface area (Å²) in [7, 11) is 0. The van der Waals surface area contributed by atoms with Crippen LogP contribution in [-0.2, 0) is 9.59 Å². The molecule has 0 aliphatic carbocycles. The van der Waals surface area contributed by atoms with Gasteiger partial charge in [-0.3, -0.25) is 14.4 Å². The fourth-order valence-corrected chi connectivity index (χ4v) is 3.45. The Morgan fingerprint density at radius 3 is 2.62 bits per heavy atom. The van der Waals surface area contributed by atoms with Crippen LogP contribution in [0.2, 0.25) is 0 Å². The molecule has 7 heteroatoms. The molecule has 2 amide bonds. The lowest BCUT2D eigenvalue weighted by Crippen LogP contribution is -2.36. The summed E-state index contributed by atoms with van der Waals surface area (Å²) >= 11 is 0. The van der Waals surface area contributed by atoms with Gasteiger partial charge in [-0.2, -0.15) is 5.10 Å². The molecule has 1 aromatic heterocycles. The van der Waals surface area contributed by atoms with E-state index in [4.69, 9.17) is 0 Å². The Labute approximate surface area is 167 Å². The van der Waals surface area contributed by atoms with Crippen LogP contribution < -0.4 is 10.6 Å². The molecule has 1 aliphatic rings. The number of anilines is 2. The zero-order chi connectivity index (χ0) is 20.5. The molecule has 0 radical (unpaired) electrons. The Bertz CT molecular complexity index is 1120. The average Bonchev–Trinajstić information content (AvgIpc) is 3.04. The second kappa shape index (κ2) is 7.35. The number of hydrogen-bond acceptors (Lipinski definition) is 4. The second-order valence-electron chi connectivity index (χ2n) is 7.03. The first-order valence-corrected chi connectivity index (χ1v) is 9.30. The zero-order valence-electron chi connectivity index (χ0n) is 16.1. The maximum absolute atomic E-state index is 13.0. The molecule has 0 bridgehead atoms. The van der Waals surface area contributed by atoms with Gasteiger partial charge >= 0.3 is 0 Å². The van der Waals surface area contributed by atoms with Crippen LogP contribution in [0.25, 0.3) is 11.3 Å². The maximum atomic E-state index is 13.0. The second-order valence-corrected chi connectivity index (χ2v) is 7.03. The molecule has 1 aliphatic heterocycles. The van der Waals surface area contributed by atoms with Crippen molar-refractivity contribution < 1.29 is 14.4 Å². The summed E-state index contributed by atoms with van der Waals surface area (Å²) < 4.78 is 1.57. The van der Waals surface area contributed by atoms with E-state index in [0.29, 0.717) is 17.1 Å². The Morgan fingerprint density at radius 1 is 1.14 bits per heavy atom. The quantitative estimate of drug-likeness (QED) is 0.668. The number of rotatable bonds is 4. The summed E-state index contributed by atoms with van der Waals surface area (Å²) in [6.07, 6.45) is -0.0133. The number of benzene rings is 2. The lowest BCUT2D eigenvalue weighted by Gasteiger charge is -2.24. The SMILES string of the molecule is CC(=O)c1cccc(NC(=O)[C@@H]2CC(=O)Nc3c(C)c(-c4ccccc4)nn32)c1. The third-order valence-electron chi connectivity index (χ3n) is 4.97. The number of carbonyl (C=O) groups excluding carboxylic acids is 3. The van der Waals surface area contributed by atoms with Crippen molar-refractivity contribution in [3.8, 4) is 11.3 Å². The topological polar surface area (TPSA) is 93.1 Å². The number of carbonyl (C=O) groups is 3. The molecule has 0 fully saturated rings. The minimum atomic E-state index is -0.782. The van der Waals surface area contributed by atoms with Gasteiger partial charge in [-0.25, -0.2) is 4.68 Å². The number of nitrogens with one attached hydrogen (secondary N) is 2. The van der Waals surface area contributed by atoms with Crippen molar-refractivity contribution in [2.75, 3.05) is 10.6 Å². The molecule has 2 aromatic carbocycles. The lowest BCUT2D eigenvalue weighted by atomic mass is 10.1. The van der Waals surface area contributed by atoms with Gasteiger partial charge in [-0.1, -0.05) is 42.5 Å². The van der Waals surface area contributed by atoms with Crippen LogP contribution in [0.5, 0.6) is 0 Å². The molecule has 4 rings (SSSR count). The molecule has 29 heavy (non-hydrogen) atoms. The maximum Gasteiger partial charge on any atom is 0.249 e. The number of Topliss-reactive ketones (excluding diaryl/α,β-unsaturated/α-hetero) is 1. The van der Waals surface area contributed by atoms with Crippen molar-refractivity contribution >= 4 is 29.1 Å². The lowest BCUT2D eigenvalue weighted by molar-refractivity contribution is -0.125. The highest BCUT2D eigenvalue weighted by Crippen LogP contribution is 2.34. The van der Waals surface area contributed by atoms with Crippen LogP contribution in [-0.4, -0.2) is 27.4 Å². The van der Waals surface area contributed by atoms with Crippen molar-refractivity contribution in [1.82, 2.24) is 9.78 Å². The number of aromatic nitrogens is 2.